The number of methoxy groups -OCH3 is 1. The number of nitrogens with zero attached hydrogens (tertiary/aromatic N) is 3. The summed E-state index contributed by atoms with van der Waals surface area (Å²) in [5.41, 5.74) is 3.22. The zero-order chi connectivity index (χ0) is 29.7. The van der Waals surface area contributed by atoms with Crippen LogP contribution < -0.4 is 20.7 Å². The Kier molecular flexibility index (Phi) is 9.30. The third kappa shape index (κ3) is 7.79. The van der Waals surface area contributed by atoms with Gasteiger partial charge < -0.3 is 25.4 Å². The van der Waals surface area contributed by atoms with Crippen LogP contribution in [0.15, 0.2) is 54.4 Å². The first-order chi connectivity index (χ1) is 20.2. The second kappa shape index (κ2) is 13.1. The van der Waals surface area contributed by atoms with Gasteiger partial charge in [0.2, 0.25) is 0 Å². The highest BCUT2D eigenvalue weighted by atomic mass is 35.5. The second-order valence-electron chi connectivity index (χ2n) is 11.8. The van der Waals surface area contributed by atoms with E-state index in [2.05, 4.69) is 36.9 Å². The van der Waals surface area contributed by atoms with E-state index < -0.39 is 0 Å². The van der Waals surface area contributed by atoms with Crippen LogP contribution in [0.3, 0.4) is 0 Å². The maximum atomic E-state index is 12.6. The van der Waals surface area contributed by atoms with E-state index in [0.717, 1.165) is 62.5 Å². The molecule has 2 aromatic carbocycles. The minimum absolute atomic E-state index is 0.162. The summed E-state index contributed by atoms with van der Waals surface area (Å²) >= 11 is 6.64. The molecule has 222 valence electrons. The Labute approximate surface area is 252 Å². The van der Waals surface area contributed by atoms with Crippen molar-refractivity contribution in [3.05, 3.63) is 70.5 Å². The average molecular weight is 591 g/mol. The van der Waals surface area contributed by atoms with Crippen LogP contribution in [0.5, 0.6) is 11.5 Å². The molecule has 3 aromatic rings. The molecule has 10 heteroatoms. The van der Waals surface area contributed by atoms with Crippen LogP contribution >= 0.6 is 11.6 Å². The standard InChI is InChI=1S/C32H39ClN6O3/c1-32(2,3)38-31(40)22-6-5-7-25(17-22)42-28-9-8-23(18-27(28)33)37-30-26-16-21(10-13-34-29(26)35-20-36-30)19-39-14-11-24(41-4)12-15-39/h5-9,16-18,20,24H,10-15,19H2,1-4H3,(H,38,40)(H2,34,35,36,37). The molecule has 0 aliphatic carbocycles. The van der Waals surface area contributed by atoms with Crippen LogP contribution in [0.2, 0.25) is 5.02 Å². The molecule has 2 aliphatic rings. The van der Waals surface area contributed by atoms with Gasteiger partial charge in [-0.1, -0.05) is 23.2 Å². The molecule has 3 N–H and O–H groups in total. The van der Waals surface area contributed by atoms with Crippen LogP contribution in [0, 0.1) is 0 Å². The molecule has 2 aliphatic heterocycles. The van der Waals surface area contributed by atoms with Gasteiger partial charge in [0.05, 0.1) is 16.7 Å². The second-order valence-corrected chi connectivity index (χ2v) is 12.2. The molecule has 9 nitrogen and oxygen atoms in total. The summed E-state index contributed by atoms with van der Waals surface area (Å²) in [6.07, 6.45) is 7.20. The smallest absolute Gasteiger partial charge is 0.251 e. The van der Waals surface area contributed by atoms with Crippen molar-refractivity contribution in [2.75, 3.05) is 43.9 Å². The molecule has 5 rings (SSSR count). The van der Waals surface area contributed by atoms with Gasteiger partial charge in [-0.15, -0.1) is 0 Å². The van der Waals surface area contributed by atoms with E-state index >= 15 is 0 Å². The van der Waals surface area contributed by atoms with Gasteiger partial charge in [-0.05, 0) is 82.5 Å². The number of amides is 1. The number of anilines is 3. The molecular formula is C32H39ClN6O3. The Morgan fingerprint density at radius 3 is 2.69 bits per heavy atom. The first-order valence-electron chi connectivity index (χ1n) is 14.4. The highest BCUT2D eigenvalue weighted by Gasteiger charge is 2.21. The van der Waals surface area contributed by atoms with Gasteiger partial charge in [0.15, 0.2) is 0 Å². The largest absolute Gasteiger partial charge is 0.456 e. The first-order valence-corrected chi connectivity index (χ1v) is 14.7. The third-order valence-corrected chi connectivity index (χ3v) is 7.57. The number of benzene rings is 2. The van der Waals surface area contributed by atoms with Crippen molar-refractivity contribution >= 4 is 40.9 Å². The predicted octanol–water partition coefficient (Wildman–Crippen LogP) is 6.50. The van der Waals surface area contributed by atoms with E-state index in [4.69, 9.17) is 21.1 Å². The summed E-state index contributed by atoms with van der Waals surface area (Å²) in [7, 11) is 1.80. The Morgan fingerprint density at radius 2 is 1.95 bits per heavy atom. The Bertz CT molecular complexity index is 1450. The molecule has 0 spiro atoms. The lowest BCUT2D eigenvalue weighted by Crippen LogP contribution is -2.40. The molecular weight excluding hydrogens is 552 g/mol. The lowest BCUT2D eigenvalue weighted by molar-refractivity contribution is 0.0437. The zero-order valence-corrected chi connectivity index (χ0v) is 25.4. The van der Waals surface area contributed by atoms with Crippen molar-refractivity contribution in [1.29, 1.82) is 0 Å². The lowest BCUT2D eigenvalue weighted by Gasteiger charge is -2.31. The minimum Gasteiger partial charge on any atom is -0.456 e. The number of hydrogen-bond donors (Lipinski definition) is 3. The number of piperidine rings is 1. The van der Waals surface area contributed by atoms with Gasteiger partial charge in [-0.25, -0.2) is 9.97 Å². The number of carbonyl (C=O) groups excluding carboxylic acids is 1. The number of rotatable bonds is 8. The molecule has 1 saturated heterocycles. The van der Waals surface area contributed by atoms with Gasteiger partial charge >= 0.3 is 0 Å². The average Bonchev–Trinajstić information content (AvgIpc) is 3.17. The van der Waals surface area contributed by atoms with E-state index in [0.29, 0.717) is 34.0 Å². The maximum absolute atomic E-state index is 12.6. The fraction of sp³-hybridized carbons (Fsp3) is 0.406. The van der Waals surface area contributed by atoms with Gasteiger partial charge in [0.25, 0.3) is 5.91 Å². The number of halogens is 1. The van der Waals surface area contributed by atoms with Crippen LogP contribution in [0.1, 0.15) is 56.0 Å². The number of nitrogens with one attached hydrogen (secondary N) is 3. The van der Waals surface area contributed by atoms with Gasteiger partial charge in [-0.2, -0.15) is 0 Å². The summed E-state index contributed by atoms with van der Waals surface area (Å²) in [5.74, 6) is 2.35. The van der Waals surface area contributed by atoms with Gasteiger partial charge in [0.1, 0.15) is 29.5 Å². The Hall–Kier alpha value is -3.66. The lowest BCUT2D eigenvalue weighted by atomic mass is 10.0. The third-order valence-electron chi connectivity index (χ3n) is 7.27. The highest BCUT2D eigenvalue weighted by molar-refractivity contribution is 6.32. The number of carbonyl (C=O) groups is 1. The zero-order valence-electron chi connectivity index (χ0n) is 24.7. The number of likely N-dealkylation sites (tertiary alicyclic amines) is 1. The molecule has 0 bridgehead atoms. The Morgan fingerprint density at radius 1 is 1.14 bits per heavy atom. The van der Waals surface area contributed by atoms with Crippen molar-refractivity contribution in [3.63, 3.8) is 0 Å². The first kappa shape index (κ1) is 29.8. The topological polar surface area (TPSA) is 101 Å². The number of fused-ring (bicyclic) bond motifs is 1. The quantitative estimate of drug-likeness (QED) is 0.273. The van der Waals surface area contributed by atoms with Crippen LogP contribution in [0.25, 0.3) is 6.08 Å². The minimum atomic E-state index is -0.336. The van der Waals surface area contributed by atoms with Crippen molar-refractivity contribution < 1.29 is 14.3 Å². The number of aromatic nitrogens is 2. The van der Waals surface area contributed by atoms with Gasteiger partial charge in [0, 0.05) is 50.1 Å². The molecule has 1 amide bonds. The Balaban J connectivity index is 1.29. The van der Waals surface area contributed by atoms with Crippen molar-refractivity contribution in [3.8, 4) is 11.5 Å². The molecule has 0 unspecified atom stereocenters. The van der Waals surface area contributed by atoms with Crippen LogP contribution in [-0.2, 0) is 4.74 Å². The van der Waals surface area contributed by atoms with Gasteiger partial charge in [-0.3, -0.25) is 9.69 Å². The van der Waals surface area contributed by atoms with Crippen LogP contribution in [-0.4, -0.2) is 65.7 Å². The van der Waals surface area contributed by atoms with E-state index in [1.807, 2.05) is 26.8 Å². The SMILES string of the molecule is COC1CCN(CC2=Cc3c(ncnc3Nc3ccc(Oc4cccc(C(=O)NC(C)(C)C)c4)c(Cl)c3)NCC2)CC1. The summed E-state index contributed by atoms with van der Waals surface area (Å²) in [4.78, 5) is 24.1. The summed E-state index contributed by atoms with van der Waals surface area (Å²) in [6.45, 7) is 9.64. The summed E-state index contributed by atoms with van der Waals surface area (Å²) in [5, 5.41) is 10.3. The normalized spacial score (nSPS) is 16.1. The molecule has 42 heavy (non-hydrogen) atoms. The van der Waals surface area contributed by atoms with Crippen LogP contribution in [0.4, 0.5) is 17.3 Å². The molecule has 0 saturated carbocycles. The number of ether oxygens (including phenoxy) is 2. The fourth-order valence-electron chi connectivity index (χ4n) is 5.14. The molecule has 0 atom stereocenters. The van der Waals surface area contributed by atoms with E-state index in [1.165, 1.54) is 5.57 Å². The van der Waals surface area contributed by atoms with E-state index in [1.54, 1.807) is 49.8 Å². The summed E-state index contributed by atoms with van der Waals surface area (Å²) in [6, 6.07) is 12.5. The predicted molar refractivity (Wildman–Crippen MR) is 168 cm³/mol. The van der Waals surface area contributed by atoms with Crippen molar-refractivity contribution in [1.82, 2.24) is 20.2 Å². The highest BCUT2D eigenvalue weighted by Crippen LogP contribution is 2.35. The van der Waals surface area contributed by atoms with Crippen molar-refractivity contribution in [2.45, 2.75) is 51.7 Å². The van der Waals surface area contributed by atoms with Crippen molar-refractivity contribution in [2.24, 2.45) is 0 Å². The van der Waals surface area contributed by atoms with E-state index in [-0.39, 0.29) is 11.4 Å². The summed E-state index contributed by atoms with van der Waals surface area (Å²) < 4.78 is 11.6. The molecule has 0 radical (unpaired) electrons. The maximum Gasteiger partial charge on any atom is 0.251 e. The fourth-order valence-corrected chi connectivity index (χ4v) is 5.36. The molecule has 1 fully saturated rings. The number of hydrogen-bond acceptors (Lipinski definition) is 8. The molecule has 3 heterocycles. The monoisotopic (exact) mass is 590 g/mol. The molecule has 1 aromatic heterocycles. The van der Waals surface area contributed by atoms with E-state index in [9.17, 15) is 4.79 Å².